The van der Waals surface area contributed by atoms with E-state index in [2.05, 4.69) is 5.32 Å². The monoisotopic (exact) mass is 334 g/mol. The fraction of sp³-hybridized carbons (Fsp3) is 0.235. The van der Waals surface area contributed by atoms with Crippen molar-refractivity contribution in [1.82, 2.24) is 4.90 Å². The summed E-state index contributed by atoms with van der Waals surface area (Å²) in [6, 6.07) is 13.1. The second-order valence-electron chi connectivity index (χ2n) is 5.27. The van der Waals surface area contributed by atoms with Crippen LogP contribution < -0.4 is 5.32 Å². The Kier molecular flexibility index (Phi) is 4.79. The summed E-state index contributed by atoms with van der Waals surface area (Å²) < 4.78 is 19.3. The molecule has 1 aliphatic rings. The summed E-state index contributed by atoms with van der Waals surface area (Å²) in [7, 11) is 0. The summed E-state index contributed by atoms with van der Waals surface area (Å²) in [4.78, 5) is 13.9. The van der Waals surface area contributed by atoms with Gasteiger partial charge in [-0.15, -0.1) is 0 Å². The van der Waals surface area contributed by atoms with Crippen molar-refractivity contribution >= 4 is 23.3 Å². The Labute approximate surface area is 138 Å². The fourth-order valence-corrected chi connectivity index (χ4v) is 2.60. The molecule has 0 saturated carbocycles. The highest BCUT2D eigenvalue weighted by Crippen LogP contribution is 2.24. The van der Waals surface area contributed by atoms with E-state index < -0.39 is 5.82 Å². The topological polar surface area (TPSA) is 41.6 Å². The largest absolute Gasteiger partial charge is 0.370 e. The molecule has 0 radical (unpaired) electrons. The first-order valence-corrected chi connectivity index (χ1v) is 7.69. The minimum atomic E-state index is -0.455. The summed E-state index contributed by atoms with van der Waals surface area (Å²) in [5.74, 6) is -0.455. The molecule has 1 aliphatic heterocycles. The Hall–Kier alpha value is -2.11. The number of urea groups is 1. The van der Waals surface area contributed by atoms with Crippen molar-refractivity contribution in [2.75, 3.05) is 25.0 Å². The van der Waals surface area contributed by atoms with E-state index in [0.717, 1.165) is 5.56 Å². The highest BCUT2D eigenvalue weighted by Gasteiger charge is 2.25. The average molecular weight is 335 g/mol. The highest BCUT2D eigenvalue weighted by molar-refractivity contribution is 6.30. The molecule has 1 heterocycles. The molecule has 1 fully saturated rings. The maximum absolute atomic E-state index is 13.6. The third-order valence-corrected chi connectivity index (χ3v) is 3.96. The third kappa shape index (κ3) is 3.81. The van der Waals surface area contributed by atoms with E-state index in [1.54, 1.807) is 29.2 Å². The number of halogens is 2. The summed E-state index contributed by atoms with van der Waals surface area (Å²) in [6.45, 7) is 1.30. The zero-order chi connectivity index (χ0) is 16.2. The Morgan fingerprint density at radius 2 is 1.96 bits per heavy atom. The fourth-order valence-electron chi connectivity index (χ4n) is 2.47. The van der Waals surface area contributed by atoms with E-state index in [4.69, 9.17) is 16.3 Å². The quantitative estimate of drug-likeness (QED) is 0.899. The number of benzene rings is 2. The minimum absolute atomic E-state index is 0.173. The molecule has 2 aromatic carbocycles. The van der Waals surface area contributed by atoms with Crippen molar-refractivity contribution < 1.29 is 13.9 Å². The smallest absolute Gasteiger partial charge is 0.322 e. The van der Waals surface area contributed by atoms with E-state index in [9.17, 15) is 9.18 Å². The zero-order valence-electron chi connectivity index (χ0n) is 12.3. The number of nitrogens with zero attached hydrogens (tertiary/aromatic N) is 1. The van der Waals surface area contributed by atoms with Crippen molar-refractivity contribution in [3.63, 3.8) is 0 Å². The molecule has 0 spiro atoms. The summed E-state index contributed by atoms with van der Waals surface area (Å²) >= 11 is 5.88. The number of carbonyl (C=O) groups is 1. The number of amides is 2. The Balaban J connectivity index is 1.67. The molecule has 0 aromatic heterocycles. The van der Waals surface area contributed by atoms with Crippen LogP contribution in [0.1, 0.15) is 11.7 Å². The lowest BCUT2D eigenvalue weighted by Gasteiger charge is -2.33. The van der Waals surface area contributed by atoms with Crippen molar-refractivity contribution in [2.45, 2.75) is 6.10 Å². The minimum Gasteiger partial charge on any atom is -0.370 e. The lowest BCUT2D eigenvalue weighted by atomic mass is 10.1. The molecule has 1 atom stereocenters. The van der Waals surface area contributed by atoms with Gasteiger partial charge in [-0.25, -0.2) is 9.18 Å². The zero-order valence-corrected chi connectivity index (χ0v) is 13.1. The standard InChI is InChI=1S/C17H16ClFN2O2/c18-13-7-5-12(6-8-13)16-11-21(9-10-23-16)17(22)20-15-4-2-1-3-14(15)19/h1-8,16H,9-11H2,(H,20,22)/t16-/m0/s1. The van der Waals surface area contributed by atoms with Crippen molar-refractivity contribution in [3.05, 3.63) is 64.9 Å². The molecule has 3 rings (SSSR count). The van der Waals surface area contributed by atoms with E-state index >= 15 is 0 Å². The molecule has 0 bridgehead atoms. The Morgan fingerprint density at radius 3 is 2.70 bits per heavy atom. The number of carbonyl (C=O) groups excluding carboxylic acids is 1. The molecule has 120 valence electrons. The second kappa shape index (κ2) is 6.98. The number of nitrogens with one attached hydrogen (secondary N) is 1. The van der Waals surface area contributed by atoms with E-state index in [1.165, 1.54) is 12.1 Å². The van der Waals surface area contributed by atoms with Crippen LogP contribution >= 0.6 is 11.6 Å². The average Bonchev–Trinajstić information content (AvgIpc) is 2.58. The number of hydrogen-bond donors (Lipinski definition) is 1. The predicted molar refractivity (Wildman–Crippen MR) is 87.1 cm³/mol. The number of para-hydroxylation sites is 1. The molecular formula is C17H16ClFN2O2. The Morgan fingerprint density at radius 1 is 1.22 bits per heavy atom. The van der Waals surface area contributed by atoms with Crippen LogP contribution in [0.3, 0.4) is 0 Å². The van der Waals surface area contributed by atoms with Crippen LogP contribution in [0.4, 0.5) is 14.9 Å². The highest BCUT2D eigenvalue weighted by atomic mass is 35.5. The lowest BCUT2D eigenvalue weighted by Crippen LogP contribution is -2.44. The van der Waals surface area contributed by atoms with Gasteiger partial charge in [0.05, 0.1) is 18.8 Å². The van der Waals surface area contributed by atoms with Crippen molar-refractivity contribution in [2.24, 2.45) is 0 Å². The molecule has 1 saturated heterocycles. The van der Waals surface area contributed by atoms with Gasteiger partial charge in [-0.3, -0.25) is 0 Å². The number of ether oxygens (including phenoxy) is 1. The van der Waals surface area contributed by atoms with Gasteiger partial charge in [0.1, 0.15) is 11.9 Å². The van der Waals surface area contributed by atoms with E-state index in [0.29, 0.717) is 24.7 Å². The van der Waals surface area contributed by atoms with Gasteiger partial charge in [-0.2, -0.15) is 0 Å². The number of anilines is 1. The van der Waals surface area contributed by atoms with Gasteiger partial charge in [-0.05, 0) is 29.8 Å². The van der Waals surface area contributed by atoms with Crippen LogP contribution in [0, 0.1) is 5.82 Å². The van der Waals surface area contributed by atoms with Gasteiger partial charge in [0, 0.05) is 11.6 Å². The SMILES string of the molecule is O=C(Nc1ccccc1F)N1CCO[C@H](c2ccc(Cl)cc2)C1. The first kappa shape index (κ1) is 15.8. The van der Waals surface area contributed by atoms with Gasteiger partial charge in [0.25, 0.3) is 0 Å². The Bertz CT molecular complexity index is 693. The van der Waals surface area contributed by atoms with Crippen LogP contribution in [0.25, 0.3) is 0 Å². The third-order valence-electron chi connectivity index (χ3n) is 3.71. The van der Waals surface area contributed by atoms with Crippen LogP contribution in [0.15, 0.2) is 48.5 Å². The molecule has 4 nitrogen and oxygen atoms in total. The van der Waals surface area contributed by atoms with Crippen molar-refractivity contribution in [3.8, 4) is 0 Å². The molecule has 1 N–H and O–H groups in total. The molecule has 23 heavy (non-hydrogen) atoms. The number of rotatable bonds is 2. The summed E-state index contributed by atoms with van der Waals surface area (Å²) in [5, 5.41) is 3.25. The molecule has 0 unspecified atom stereocenters. The predicted octanol–water partition coefficient (Wildman–Crippen LogP) is 4.08. The summed E-state index contributed by atoms with van der Waals surface area (Å²) in [5.41, 5.74) is 1.13. The number of hydrogen-bond acceptors (Lipinski definition) is 2. The van der Waals surface area contributed by atoms with Gasteiger partial charge in [0.15, 0.2) is 0 Å². The van der Waals surface area contributed by atoms with Crippen LogP contribution in [0.5, 0.6) is 0 Å². The van der Waals surface area contributed by atoms with Crippen LogP contribution in [0.2, 0.25) is 5.02 Å². The van der Waals surface area contributed by atoms with Gasteiger partial charge in [-0.1, -0.05) is 35.9 Å². The van der Waals surface area contributed by atoms with Crippen molar-refractivity contribution in [1.29, 1.82) is 0 Å². The molecule has 2 aromatic rings. The normalized spacial score (nSPS) is 17.8. The van der Waals surface area contributed by atoms with E-state index in [-0.39, 0.29) is 17.8 Å². The molecule has 6 heteroatoms. The maximum atomic E-state index is 13.6. The van der Waals surface area contributed by atoms with Gasteiger partial charge >= 0.3 is 6.03 Å². The van der Waals surface area contributed by atoms with E-state index in [1.807, 2.05) is 12.1 Å². The maximum Gasteiger partial charge on any atom is 0.322 e. The lowest BCUT2D eigenvalue weighted by molar-refractivity contribution is -0.0135. The molecular weight excluding hydrogens is 319 g/mol. The van der Waals surface area contributed by atoms with Crippen LogP contribution in [-0.2, 0) is 4.74 Å². The van der Waals surface area contributed by atoms with Crippen LogP contribution in [-0.4, -0.2) is 30.6 Å². The van der Waals surface area contributed by atoms with Gasteiger partial charge in [0.2, 0.25) is 0 Å². The molecule has 0 aliphatic carbocycles. The first-order valence-electron chi connectivity index (χ1n) is 7.31. The molecule has 2 amide bonds. The first-order chi connectivity index (χ1) is 11.1. The summed E-state index contributed by atoms with van der Waals surface area (Å²) in [6.07, 6.45) is -0.215. The number of morpholine rings is 1. The van der Waals surface area contributed by atoms with Gasteiger partial charge < -0.3 is 15.0 Å². The second-order valence-corrected chi connectivity index (χ2v) is 5.70.